The van der Waals surface area contributed by atoms with Crippen LogP contribution in [0.4, 0.5) is 5.82 Å². The third-order valence-electron chi connectivity index (χ3n) is 3.30. The lowest BCUT2D eigenvalue weighted by molar-refractivity contribution is 0.281. The molecule has 0 aliphatic rings. The Bertz CT molecular complexity index is 772. The number of rotatable bonds is 6. The van der Waals surface area contributed by atoms with E-state index in [0.29, 0.717) is 19.2 Å². The summed E-state index contributed by atoms with van der Waals surface area (Å²) in [5.74, 6) is 0.722. The van der Waals surface area contributed by atoms with Gasteiger partial charge in [0.25, 0.3) is 0 Å². The Balaban J connectivity index is 0.00000156. The van der Waals surface area contributed by atoms with E-state index in [9.17, 15) is 0 Å². The molecule has 0 atom stereocenters. The van der Waals surface area contributed by atoms with E-state index in [1.54, 1.807) is 6.20 Å². The third kappa shape index (κ3) is 6.07. The molecule has 0 radical (unpaired) electrons. The van der Waals surface area contributed by atoms with E-state index in [1.165, 1.54) is 0 Å². The third-order valence-corrected chi connectivity index (χ3v) is 3.73. The fraction of sp³-hybridized carbons (Fsp3) is 0.111. The zero-order valence-corrected chi connectivity index (χ0v) is 14.4. The molecule has 0 unspecified atom stereocenters. The van der Waals surface area contributed by atoms with Crippen molar-refractivity contribution in [2.45, 2.75) is 18.0 Å². The maximum atomic E-state index is 5.63. The van der Waals surface area contributed by atoms with Crippen LogP contribution in [0.5, 0.6) is 6.01 Å². The van der Waals surface area contributed by atoms with Gasteiger partial charge in [-0.1, -0.05) is 48.5 Å². The second-order valence-electron chi connectivity index (χ2n) is 4.98. The highest BCUT2D eigenvalue weighted by atomic mass is 32.1. The monoisotopic (exact) mass is 359 g/mol. The van der Waals surface area contributed by atoms with Crippen molar-refractivity contribution in [1.82, 2.24) is 9.97 Å². The van der Waals surface area contributed by atoms with Gasteiger partial charge in [-0.3, -0.25) is 0 Å². The lowest BCUT2D eigenvalue weighted by Crippen LogP contribution is -2.05. The van der Waals surface area contributed by atoms with E-state index in [-0.39, 0.29) is 11.0 Å². The molecule has 0 amide bonds. The highest BCUT2D eigenvalue weighted by molar-refractivity contribution is 7.80. The molecule has 3 rings (SSSR count). The Morgan fingerprint density at radius 2 is 1.64 bits per heavy atom. The van der Waals surface area contributed by atoms with Crippen LogP contribution in [0, 0.1) is 0 Å². The molecule has 0 fully saturated rings. The second kappa shape index (κ2) is 10.3. The summed E-state index contributed by atoms with van der Waals surface area (Å²) < 4.78 is 5.63. The van der Waals surface area contributed by atoms with Gasteiger partial charge >= 0.3 is 6.01 Å². The van der Waals surface area contributed by atoms with E-state index in [1.807, 2.05) is 60.7 Å². The summed E-state index contributed by atoms with van der Waals surface area (Å²) in [6.45, 7) is 1.10. The Hall–Kier alpha value is -2.61. The summed E-state index contributed by atoms with van der Waals surface area (Å²) in [5, 5.41) is 3.26. The van der Waals surface area contributed by atoms with Crippen LogP contribution in [-0.2, 0) is 13.2 Å². The first-order valence-corrected chi connectivity index (χ1v) is 7.76. The molecule has 6 nitrogen and oxygen atoms in total. The largest absolute Gasteiger partial charge is 0.459 e. The molecular weight excluding hydrogens is 338 g/mol. The lowest BCUT2D eigenvalue weighted by atomic mass is 10.2. The van der Waals surface area contributed by atoms with Crippen LogP contribution < -0.4 is 10.1 Å². The van der Waals surface area contributed by atoms with Gasteiger partial charge in [0.05, 0.1) is 0 Å². The maximum Gasteiger partial charge on any atom is 0.318 e. The predicted molar refractivity (Wildman–Crippen MR) is 101 cm³/mol. The second-order valence-corrected chi connectivity index (χ2v) is 5.46. The number of thiol groups is 1. The van der Waals surface area contributed by atoms with Gasteiger partial charge in [0.2, 0.25) is 0 Å². The van der Waals surface area contributed by atoms with Gasteiger partial charge in [-0.05, 0) is 23.3 Å². The van der Waals surface area contributed by atoms with E-state index in [4.69, 9.17) is 4.74 Å². The molecule has 0 aliphatic carbocycles. The highest BCUT2D eigenvalue weighted by Crippen LogP contribution is 2.15. The quantitative estimate of drug-likeness (QED) is 0.658. The van der Waals surface area contributed by atoms with Crippen LogP contribution in [0.25, 0.3) is 0 Å². The van der Waals surface area contributed by atoms with Crippen molar-refractivity contribution < 1.29 is 15.7 Å². The lowest BCUT2D eigenvalue weighted by Gasteiger charge is -2.09. The average molecular weight is 359 g/mol. The van der Waals surface area contributed by atoms with E-state index >= 15 is 0 Å². The summed E-state index contributed by atoms with van der Waals surface area (Å²) in [6.07, 6.45) is 1.68. The van der Waals surface area contributed by atoms with Crippen molar-refractivity contribution in [3.05, 3.63) is 78.0 Å². The zero-order chi connectivity index (χ0) is 15.9. The molecule has 3 aromatic rings. The normalized spacial score (nSPS) is 9.48. The first kappa shape index (κ1) is 20.4. The molecule has 25 heavy (non-hydrogen) atoms. The average Bonchev–Trinajstić information content (AvgIpc) is 2.61. The minimum absolute atomic E-state index is 0. The van der Waals surface area contributed by atoms with Crippen molar-refractivity contribution in [2.24, 2.45) is 0 Å². The number of nitrogens with zero attached hydrogens (tertiary/aromatic N) is 2. The molecule has 0 bridgehead atoms. The van der Waals surface area contributed by atoms with E-state index in [0.717, 1.165) is 21.8 Å². The summed E-state index contributed by atoms with van der Waals surface area (Å²) >= 11 is 4.44. The Labute approximate surface area is 151 Å². The van der Waals surface area contributed by atoms with Crippen molar-refractivity contribution >= 4 is 18.4 Å². The predicted octanol–water partition coefficient (Wildman–Crippen LogP) is 2.31. The molecule has 7 heteroatoms. The number of aromatic nitrogens is 2. The first-order valence-electron chi connectivity index (χ1n) is 7.32. The molecule has 0 saturated carbocycles. The van der Waals surface area contributed by atoms with Crippen LogP contribution in [0.2, 0.25) is 0 Å². The van der Waals surface area contributed by atoms with Crippen molar-refractivity contribution in [3.63, 3.8) is 0 Å². The summed E-state index contributed by atoms with van der Waals surface area (Å²) in [5.41, 5.74) is 2.19. The molecule has 2 aromatic carbocycles. The number of nitrogens with one attached hydrogen (secondary N) is 1. The smallest absolute Gasteiger partial charge is 0.318 e. The van der Waals surface area contributed by atoms with Crippen molar-refractivity contribution in [2.75, 3.05) is 5.32 Å². The minimum Gasteiger partial charge on any atom is -0.459 e. The first-order chi connectivity index (χ1) is 11.3. The summed E-state index contributed by atoms with van der Waals surface area (Å²) in [4.78, 5) is 9.46. The standard InChI is InChI=1S/C18H17N3OS.2H2O/c23-16-9-5-4-8-15(16)12-20-17-10-11-19-18(21-17)22-13-14-6-2-1-3-7-14;;/h1-11,23H,12-13H2,(H,19,20,21);2*1H2. The number of anilines is 1. The zero-order valence-electron chi connectivity index (χ0n) is 13.5. The van der Waals surface area contributed by atoms with E-state index < -0.39 is 0 Å². The minimum atomic E-state index is 0. The molecule has 0 spiro atoms. The number of benzene rings is 2. The molecule has 132 valence electrons. The molecule has 1 heterocycles. The Morgan fingerprint density at radius 1 is 0.920 bits per heavy atom. The fourth-order valence-electron chi connectivity index (χ4n) is 2.08. The molecule has 0 aliphatic heterocycles. The number of ether oxygens (including phenoxy) is 1. The SMILES string of the molecule is O.O.Sc1ccccc1CNc1ccnc(OCc2ccccc2)n1. The fourth-order valence-corrected chi connectivity index (χ4v) is 2.32. The van der Waals surface area contributed by atoms with Crippen molar-refractivity contribution in [1.29, 1.82) is 0 Å². The van der Waals surface area contributed by atoms with Gasteiger partial charge in [-0.15, -0.1) is 12.6 Å². The Kier molecular flexibility index (Phi) is 8.42. The van der Waals surface area contributed by atoms with Gasteiger partial charge in [-0.25, -0.2) is 4.98 Å². The number of hydrogen-bond acceptors (Lipinski definition) is 5. The summed E-state index contributed by atoms with van der Waals surface area (Å²) in [7, 11) is 0. The van der Waals surface area contributed by atoms with Gasteiger partial charge in [0.15, 0.2) is 0 Å². The summed E-state index contributed by atoms with van der Waals surface area (Å²) in [6, 6.07) is 20.1. The van der Waals surface area contributed by atoms with Crippen LogP contribution in [0.3, 0.4) is 0 Å². The van der Waals surface area contributed by atoms with E-state index in [2.05, 4.69) is 27.9 Å². The van der Waals surface area contributed by atoms with Crippen LogP contribution in [-0.4, -0.2) is 20.9 Å². The number of hydrogen-bond donors (Lipinski definition) is 2. The molecule has 0 saturated heterocycles. The maximum absolute atomic E-state index is 5.63. The highest BCUT2D eigenvalue weighted by Gasteiger charge is 2.02. The van der Waals surface area contributed by atoms with Gasteiger partial charge in [0.1, 0.15) is 12.4 Å². The topological polar surface area (TPSA) is 110 Å². The van der Waals surface area contributed by atoms with Gasteiger partial charge in [0, 0.05) is 17.6 Å². The van der Waals surface area contributed by atoms with Crippen LogP contribution in [0.1, 0.15) is 11.1 Å². The van der Waals surface area contributed by atoms with Crippen LogP contribution in [0.15, 0.2) is 71.8 Å². The Morgan fingerprint density at radius 3 is 2.40 bits per heavy atom. The van der Waals surface area contributed by atoms with Crippen molar-refractivity contribution in [3.8, 4) is 6.01 Å². The molecular formula is C18H21N3O3S. The molecule has 5 N–H and O–H groups in total. The van der Waals surface area contributed by atoms with Gasteiger partial charge in [-0.2, -0.15) is 4.98 Å². The van der Waals surface area contributed by atoms with Crippen LogP contribution >= 0.6 is 12.6 Å². The van der Waals surface area contributed by atoms with Gasteiger partial charge < -0.3 is 21.0 Å². The molecule has 1 aromatic heterocycles.